The highest BCUT2D eigenvalue weighted by Gasteiger charge is 2.08. The summed E-state index contributed by atoms with van der Waals surface area (Å²) in [7, 11) is 0. The van der Waals surface area contributed by atoms with Gasteiger partial charge in [-0.25, -0.2) is 4.39 Å². The van der Waals surface area contributed by atoms with Crippen LogP contribution in [0.1, 0.15) is 18.1 Å². The normalized spacial score (nSPS) is 10.2. The fraction of sp³-hybridized carbons (Fsp3) is 0.188. The molecule has 0 amide bonds. The molecule has 0 atom stereocenters. The standard InChI is InChI=1S/C16H14BrFN2O/c1-2-20-10-11-3-6-16(12(7-11)9-19)21-13-4-5-14(17)15(18)8-13/h3-8,20H,2,10H2,1H3. The van der Waals surface area contributed by atoms with Crippen LogP contribution < -0.4 is 10.1 Å². The molecule has 0 unspecified atom stereocenters. The minimum absolute atomic E-state index is 0.353. The van der Waals surface area contributed by atoms with E-state index < -0.39 is 5.82 Å². The number of nitriles is 1. The van der Waals surface area contributed by atoms with Crippen molar-refractivity contribution in [3.05, 3.63) is 57.8 Å². The van der Waals surface area contributed by atoms with Gasteiger partial charge in [-0.15, -0.1) is 0 Å². The Balaban J connectivity index is 2.23. The Kier molecular flexibility index (Phi) is 5.32. The fourth-order valence-electron chi connectivity index (χ4n) is 1.80. The minimum atomic E-state index is -0.408. The number of hydrogen-bond donors (Lipinski definition) is 1. The molecule has 0 saturated carbocycles. The molecule has 0 aliphatic rings. The number of nitrogens with one attached hydrogen (secondary N) is 1. The highest BCUT2D eigenvalue weighted by Crippen LogP contribution is 2.28. The van der Waals surface area contributed by atoms with Crippen LogP contribution in [0.25, 0.3) is 0 Å². The van der Waals surface area contributed by atoms with E-state index in [-0.39, 0.29) is 0 Å². The van der Waals surface area contributed by atoms with E-state index in [9.17, 15) is 9.65 Å². The predicted octanol–water partition coefficient (Wildman–Crippen LogP) is 4.36. The van der Waals surface area contributed by atoms with Gasteiger partial charge in [0.2, 0.25) is 0 Å². The van der Waals surface area contributed by atoms with Crippen LogP contribution in [-0.2, 0) is 6.54 Å². The van der Waals surface area contributed by atoms with Crippen molar-refractivity contribution >= 4 is 15.9 Å². The monoisotopic (exact) mass is 348 g/mol. The summed E-state index contributed by atoms with van der Waals surface area (Å²) in [5, 5.41) is 12.4. The minimum Gasteiger partial charge on any atom is -0.456 e. The van der Waals surface area contributed by atoms with E-state index in [0.29, 0.717) is 28.1 Å². The zero-order chi connectivity index (χ0) is 15.2. The van der Waals surface area contributed by atoms with Gasteiger partial charge in [0.05, 0.1) is 10.0 Å². The Labute approximate surface area is 131 Å². The van der Waals surface area contributed by atoms with Crippen LogP contribution in [0.15, 0.2) is 40.9 Å². The van der Waals surface area contributed by atoms with Gasteiger partial charge in [0, 0.05) is 12.6 Å². The molecule has 0 heterocycles. The van der Waals surface area contributed by atoms with E-state index in [1.807, 2.05) is 13.0 Å². The van der Waals surface area contributed by atoms with Crippen LogP contribution in [0.5, 0.6) is 11.5 Å². The Bertz CT molecular complexity index is 682. The number of ether oxygens (including phenoxy) is 1. The molecular formula is C16H14BrFN2O. The summed E-state index contributed by atoms with van der Waals surface area (Å²) in [6.45, 7) is 3.57. The molecular weight excluding hydrogens is 335 g/mol. The lowest BCUT2D eigenvalue weighted by Crippen LogP contribution is -2.11. The third kappa shape index (κ3) is 4.03. The SMILES string of the molecule is CCNCc1ccc(Oc2ccc(Br)c(F)c2)c(C#N)c1. The lowest BCUT2D eigenvalue weighted by Gasteiger charge is -2.10. The highest BCUT2D eigenvalue weighted by atomic mass is 79.9. The fourth-order valence-corrected chi connectivity index (χ4v) is 2.05. The van der Waals surface area contributed by atoms with Crippen LogP contribution in [0.4, 0.5) is 4.39 Å². The van der Waals surface area contributed by atoms with Gasteiger partial charge in [-0.3, -0.25) is 0 Å². The first-order chi connectivity index (χ1) is 10.1. The Morgan fingerprint density at radius 2 is 2.10 bits per heavy atom. The van der Waals surface area contributed by atoms with E-state index in [1.165, 1.54) is 6.07 Å². The largest absolute Gasteiger partial charge is 0.456 e. The molecule has 108 valence electrons. The highest BCUT2D eigenvalue weighted by molar-refractivity contribution is 9.10. The molecule has 21 heavy (non-hydrogen) atoms. The Morgan fingerprint density at radius 3 is 2.76 bits per heavy atom. The zero-order valence-corrected chi connectivity index (χ0v) is 13.1. The molecule has 3 nitrogen and oxygen atoms in total. The number of nitrogens with zero attached hydrogens (tertiary/aromatic N) is 1. The van der Waals surface area contributed by atoms with Crippen molar-refractivity contribution < 1.29 is 9.13 Å². The maximum absolute atomic E-state index is 13.5. The maximum atomic E-state index is 13.5. The summed E-state index contributed by atoms with van der Waals surface area (Å²) >= 11 is 3.09. The molecule has 2 aromatic carbocycles. The predicted molar refractivity (Wildman–Crippen MR) is 82.7 cm³/mol. The van der Waals surface area contributed by atoms with Gasteiger partial charge in [-0.05, 0) is 52.3 Å². The topological polar surface area (TPSA) is 45.0 Å². The molecule has 1 N–H and O–H groups in total. The molecule has 5 heteroatoms. The summed E-state index contributed by atoms with van der Waals surface area (Å²) in [4.78, 5) is 0. The van der Waals surface area contributed by atoms with E-state index >= 15 is 0 Å². The molecule has 0 aliphatic heterocycles. The molecule has 0 spiro atoms. The number of hydrogen-bond acceptors (Lipinski definition) is 3. The average molecular weight is 349 g/mol. The third-order valence-electron chi connectivity index (χ3n) is 2.86. The van der Waals surface area contributed by atoms with Crippen LogP contribution in [-0.4, -0.2) is 6.54 Å². The third-order valence-corrected chi connectivity index (χ3v) is 3.51. The lowest BCUT2D eigenvalue weighted by atomic mass is 10.1. The number of benzene rings is 2. The average Bonchev–Trinajstić information content (AvgIpc) is 2.50. The van der Waals surface area contributed by atoms with Gasteiger partial charge in [-0.2, -0.15) is 5.26 Å². The van der Waals surface area contributed by atoms with Gasteiger partial charge in [0.15, 0.2) is 0 Å². The van der Waals surface area contributed by atoms with E-state index in [2.05, 4.69) is 27.3 Å². The first-order valence-electron chi connectivity index (χ1n) is 6.50. The molecule has 2 aromatic rings. The van der Waals surface area contributed by atoms with Gasteiger partial charge in [0.1, 0.15) is 23.4 Å². The summed E-state index contributed by atoms with van der Waals surface area (Å²) in [5.74, 6) is 0.362. The zero-order valence-electron chi connectivity index (χ0n) is 11.5. The van der Waals surface area contributed by atoms with Gasteiger partial charge in [-0.1, -0.05) is 13.0 Å². The first kappa shape index (κ1) is 15.5. The van der Waals surface area contributed by atoms with Crippen LogP contribution in [0, 0.1) is 17.1 Å². The molecule has 2 rings (SSSR count). The van der Waals surface area contributed by atoms with E-state index in [1.54, 1.807) is 24.3 Å². The lowest BCUT2D eigenvalue weighted by molar-refractivity contribution is 0.474. The first-order valence-corrected chi connectivity index (χ1v) is 7.30. The maximum Gasteiger partial charge on any atom is 0.145 e. The van der Waals surface area contributed by atoms with Crippen molar-refractivity contribution in [3.8, 4) is 17.6 Å². The summed E-state index contributed by atoms with van der Waals surface area (Å²) < 4.78 is 19.4. The second kappa shape index (κ2) is 7.21. The van der Waals surface area contributed by atoms with Crippen molar-refractivity contribution in [1.82, 2.24) is 5.32 Å². The summed E-state index contributed by atoms with van der Waals surface area (Å²) in [6.07, 6.45) is 0. The molecule has 0 aromatic heterocycles. The molecule has 0 aliphatic carbocycles. The van der Waals surface area contributed by atoms with Crippen molar-refractivity contribution in [1.29, 1.82) is 5.26 Å². The number of halogens is 2. The van der Waals surface area contributed by atoms with Gasteiger partial charge >= 0.3 is 0 Å². The number of rotatable bonds is 5. The van der Waals surface area contributed by atoms with Crippen molar-refractivity contribution in [3.63, 3.8) is 0 Å². The van der Waals surface area contributed by atoms with Gasteiger partial charge < -0.3 is 10.1 Å². The quantitative estimate of drug-likeness (QED) is 0.872. The van der Waals surface area contributed by atoms with E-state index in [0.717, 1.165) is 12.1 Å². The second-order valence-corrected chi connectivity index (χ2v) is 5.25. The van der Waals surface area contributed by atoms with Crippen molar-refractivity contribution in [2.45, 2.75) is 13.5 Å². The van der Waals surface area contributed by atoms with Crippen LogP contribution in [0.2, 0.25) is 0 Å². The molecule has 0 fully saturated rings. The van der Waals surface area contributed by atoms with Crippen molar-refractivity contribution in [2.24, 2.45) is 0 Å². The Morgan fingerprint density at radius 1 is 1.29 bits per heavy atom. The summed E-state index contributed by atoms with van der Waals surface area (Å²) in [5.41, 5.74) is 1.43. The Hall–Kier alpha value is -1.90. The van der Waals surface area contributed by atoms with Crippen LogP contribution in [0.3, 0.4) is 0 Å². The second-order valence-electron chi connectivity index (χ2n) is 4.40. The van der Waals surface area contributed by atoms with Crippen molar-refractivity contribution in [2.75, 3.05) is 6.54 Å². The summed E-state index contributed by atoms with van der Waals surface area (Å²) in [6, 6.07) is 12.0. The van der Waals surface area contributed by atoms with Crippen LogP contribution >= 0.6 is 15.9 Å². The molecule has 0 bridgehead atoms. The van der Waals surface area contributed by atoms with Gasteiger partial charge in [0.25, 0.3) is 0 Å². The smallest absolute Gasteiger partial charge is 0.145 e. The van der Waals surface area contributed by atoms with E-state index in [4.69, 9.17) is 4.74 Å². The molecule has 0 saturated heterocycles. The molecule has 0 radical (unpaired) electrons.